The number of nitrogens with zero attached hydrogens (tertiary/aromatic N) is 1. The van der Waals surface area contributed by atoms with Crippen molar-refractivity contribution in [3.8, 4) is 0 Å². The number of rotatable bonds is 9. The highest BCUT2D eigenvalue weighted by molar-refractivity contribution is 7.41. The fourth-order valence-corrected chi connectivity index (χ4v) is 4.36. The van der Waals surface area contributed by atoms with Crippen molar-refractivity contribution in [2.45, 2.75) is 25.7 Å². The molecule has 0 fully saturated rings. The second kappa shape index (κ2) is 10.5. The molecule has 0 saturated carbocycles. The van der Waals surface area contributed by atoms with Crippen molar-refractivity contribution < 1.29 is 0 Å². The van der Waals surface area contributed by atoms with Crippen LogP contribution >= 0.6 is 8.58 Å². The van der Waals surface area contributed by atoms with Crippen LogP contribution in [0.15, 0.2) is 84.2 Å². The molecule has 136 valence electrons. The average Bonchev–Trinajstić information content (AvgIpc) is 2.72. The Morgan fingerprint density at radius 1 is 0.962 bits per heavy atom. The van der Waals surface area contributed by atoms with Crippen LogP contribution in [0.25, 0.3) is 0 Å². The molecule has 0 amide bonds. The largest absolute Gasteiger partial charge is 0.298 e. The molecule has 26 heavy (non-hydrogen) atoms. The van der Waals surface area contributed by atoms with Gasteiger partial charge in [0, 0.05) is 19.0 Å². The first-order chi connectivity index (χ1) is 12.9. The summed E-state index contributed by atoms with van der Waals surface area (Å²) in [6, 6.07) is 22.0. The normalized spacial score (nSPS) is 15.0. The Kier molecular flexibility index (Phi) is 7.67. The molecule has 1 heterocycles. The lowest BCUT2D eigenvalue weighted by Gasteiger charge is -2.29. The first-order valence-corrected chi connectivity index (χ1v) is 11.1. The summed E-state index contributed by atoms with van der Waals surface area (Å²) < 4.78 is 0. The van der Waals surface area contributed by atoms with Crippen molar-refractivity contribution in [2.75, 3.05) is 25.8 Å². The standard InChI is InChI=1S/C24H30NP/c1-2-3-16-25(19-21-14-17-26-18-15-21)20-24(22-10-6-4-7-11-22)23-12-8-5-9-13-23/h4-15,17,24,26H,2-3,16,18-20H2,1H3. The van der Waals surface area contributed by atoms with Crippen LogP contribution in [-0.2, 0) is 0 Å². The quantitative estimate of drug-likeness (QED) is 0.490. The van der Waals surface area contributed by atoms with Gasteiger partial charge in [0.25, 0.3) is 0 Å². The van der Waals surface area contributed by atoms with Crippen LogP contribution in [0.2, 0.25) is 0 Å². The molecule has 0 bridgehead atoms. The van der Waals surface area contributed by atoms with Crippen LogP contribution in [0, 0.1) is 0 Å². The second-order valence-electron chi connectivity index (χ2n) is 6.98. The van der Waals surface area contributed by atoms with Crippen molar-refractivity contribution in [3.05, 3.63) is 95.3 Å². The SMILES string of the molecule is CCCCN(CC1=CCPC=C1)CC(c1ccccc1)c1ccccc1. The van der Waals surface area contributed by atoms with Crippen LogP contribution in [0.4, 0.5) is 0 Å². The van der Waals surface area contributed by atoms with E-state index in [-0.39, 0.29) is 0 Å². The summed E-state index contributed by atoms with van der Waals surface area (Å²) in [6.07, 6.45) is 8.48. The zero-order chi connectivity index (χ0) is 18.0. The van der Waals surface area contributed by atoms with Gasteiger partial charge in [-0.1, -0.05) is 101 Å². The minimum absolute atomic E-state index is 0.421. The molecule has 0 aliphatic carbocycles. The van der Waals surface area contributed by atoms with E-state index in [0.29, 0.717) is 5.92 Å². The summed E-state index contributed by atoms with van der Waals surface area (Å²) >= 11 is 0. The van der Waals surface area contributed by atoms with Gasteiger partial charge >= 0.3 is 0 Å². The van der Waals surface area contributed by atoms with Gasteiger partial charge in [-0.05, 0) is 35.8 Å². The number of unbranched alkanes of at least 4 members (excludes halogenated alkanes) is 1. The van der Waals surface area contributed by atoms with Gasteiger partial charge in [-0.15, -0.1) is 0 Å². The van der Waals surface area contributed by atoms with E-state index >= 15 is 0 Å². The van der Waals surface area contributed by atoms with E-state index in [1.165, 1.54) is 42.2 Å². The van der Waals surface area contributed by atoms with Crippen LogP contribution in [0.3, 0.4) is 0 Å². The summed E-state index contributed by atoms with van der Waals surface area (Å²) in [5.41, 5.74) is 4.31. The van der Waals surface area contributed by atoms with Crippen molar-refractivity contribution in [3.63, 3.8) is 0 Å². The molecule has 0 saturated heterocycles. The third-order valence-electron chi connectivity index (χ3n) is 4.98. The van der Waals surface area contributed by atoms with E-state index in [1.807, 2.05) is 0 Å². The maximum absolute atomic E-state index is 2.65. The van der Waals surface area contributed by atoms with Gasteiger partial charge in [-0.2, -0.15) is 0 Å². The summed E-state index contributed by atoms with van der Waals surface area (Å²) in [5, 5.41) is 0. The summed E-state index contributed by atoms with van der Waals surface area (Å²) in [7, 11) is 0.961. The van der Waals surface area contributed by atoms with E-state index < -0.39 is 0 Å². The van der Waals surface area contributed by atoms with Gasteiger partial charge in [0.1, 0.15) is 0 Å². The van der Waals surface area contributed by atoms with E-state index in [4.69, 9.17) is 0 Å². The van der Waals surface area contributed by atoms with Crippen molar-refractivity contribution in [1.82, 2.24) is 4.90 Å². The molecule has 1 atom stereocenters. The molecule has 1 nitrogen and oxygen atoms in total. The lowest BCUT2D eigenvalue weighted by Crippen LogP contribution is -2.32. The zero-order valence-electron chi connectivity index (χ0n) is 15.8. The Morgan fingerprint density at radius 2 is 1.62 bits per heavy atom. The van der Waals surface area contributed by atoms with Gasteiger partial charge in [-0.3, -0.25) is 4.90 Å². The molecule has 0 N–H and O–H groups in total. The molecular formula is C24H30NP. The summed E-state index contributed by atoms with van der Waals surface area (Å²) in [6.45, 7) is 5.59. The van der Waals surface area contributed by atoms with Crippen molar-refractivity contribution in [1.29, 1.82) is 0 Å². The van der Waals surface area contributed by atoms with E-state index in [1.54, 1.807) is 0 Å². The van der Waals surface area contributed by atoms with Gasteiger partial charge in [-0.25, -0.2) is 0 Å². The highest BCUT2D eigenvalue weighted by Crippen LogP contribution is 2.27. The summed E-state index contributed by atoms with van der Waals surface area (Å²) in [5.74, 6) is 2.77. The van der Waals surface area contributed by atoms with Gasteiger partial charge in [0.15, 0.2) is 0 Å². The molecule has 1 aliphatic rings. The Balaban J connectivity index is 1.81. The minimum Gasteiger partial charge on any atom is -0.298 e. The molecule has 2 heteroatoms. The van der Waals surface area contributed by atoms with Gasteiger partial charge in [0.2, 0.25) is 0 Å². The average molecular weight is 363 g/mol. The highest BCUT2D eigenvalue weighted by atomic mass is 31.1. The first kappa shape index (κ1) is 19.1. The number of benzene rings is 2. The maximum Gasteiger partial charge on any atom is 0.0231 e. The minimum atomic E-state index is 0.421. The highest BCUT2D eigenvalue weighted by Gasteiger charge is 2.18. The topological polar surface area (TPSA) is 3.24 Å². The van der Waals surface area contributed by atoms with Gasteiger partial charge in [0.05, 0.1) is 0 Å². The summed E-state index contributed by atoms with van der Waals surface area (Å²) in [4.78, 5) is 2.65. The van der Waals surface area contributed by atoms with E-state index in [0.717, 1.165) is 21.7 Å². The molecule has 1 unspecified atom stereocenters. The third kappa shape index (κ3) is 5.66. The van der Waals surface area contributed by atoms with Crippen LogP contribution in [-0.4, -0.2) is 30.7 Å². The van der Waals surface area contributed by atoms with Crippen LogP contribution in [0.1, 0.15) is 36.8 Å². The Labute approximate surface area is 160 Å². The first-order valence-electron chi connectivity index (χ1n) is 9.78. The van der Waals surface area contributed by atoms with Crippen molar-refractivity contribution >= 4 is 8.58 Å². The molecular weight excluding hydrogens is 333 g/mol. The third-order valence-corrected chi connectivity index (χ3v) is 5.82. The number of hydrogen-bond acceptors (Lipinski definition) is 1. The molecule has 0 radical (unpaired) electrons. The Morgan fingerprint density at radius 3 is 2.15 bits per heavy atom. The Hall–Kier alpha value is -1.69. The molecule has 0 spiro atoms. The monoisotopic (exact) mass is 363 g/mol. The predicted molar refractivity (Wildman–Crippen MR) is 116 cm³/mol. The number of hydrogen-bond donors (Lipinski definition) is 0. The predicted octanol–water partition coefficient (Wildman–Crippen LogP) is 6.05. The number of allylic oxidation sites excluding steroid dienone is 1. The van der Waals surface area contributed by atoms with Gasteiger partial charge < -0.3 is 0 Å². The Bertz CT molecular complexity index is 666. The molecule has 0 aromatic heterocycles. The van der Waals surface area contributed by atoms with Crippen LogP contribution < -0.4 is 0 Å². The van der Waals surface area contributed by atoms with Crippen LogP contribution in [0.5, 0.6) is 0 Å². The second-order valence-corrected chi connectivity index (χ2v) is 8.13. The molecule has 3 rings (SSSR count). The van der Waals surface area contributed by atoms with E-state index in [2.05, 4.69) is 90.5 Å². The smallest absolute Gasteiger partial charge is 0.0231 e. The molecule has 2 aromatic carbocycles. The zero-order valence-corrected chi connectivity index (χ0v) is 16.8. The fourth-order valence-electron chi connectivity index (χ4n) is 3.52. The lowest BCUT2D eigenvalue weighted by molar-refractivity contribution is 0.284. The maximum atomic E-state index is 2.65. The fraction of sp³-hybridized carbons (Fsp3) is 0.333. The molecule has 1 aliphatic heterocycles. The lowest BCUT2D eigenvalue weighted by atomic mass is 9.90. The van der Waals surface area contributed by atoms with E-state index in [9.17, 15) is 0 Å². The van der Waals surface area contributed by atoms with Crippen molar-refractivity contribution in [2.24, 2.45) is 0 Å². The molecule has 2 aromatic rings.